The van der Waals surface area contributed by atoms with Crippen molar-refractivity contribution in [3.8, 4) is 5.75 Å². The fraction of sp³-hybridized carbons (Fsp3) is 0.400. The summed E-state index contributed by atoms with van der Waals surface area (Å²) in [4.78, 5) is 28.3. The lowest BCUT2D eigenvalue weighted by molar-refractivity contribution is -0.120. The summed E-state index contributed by atoms with van der Waals surface area (Å²) in [7, 11) is 1.57. The number of anilines is 1. The summed E-state index contributed by atoms with van der Waals surface area (Å²) in [6.07, 6.45) is 2.24. The maximum Gasteiger partial charge on any atom is 0.241 e. The Labute approximate surface area is 163 Å². The van der Waals surface area contributed by atoms with Crippen LogP contribution in [0.3, 0.4) is 0 Å². The molecule has 0 radical (unpaired) electrons. The van der Waals surface area contributed by atoms with Gasteiger partial charge < -0.3 is 15.4 Å². The monoisotopic (exact) mass is 387 g/mol. The van der Waals surface area contributed by atoms with Crippen LogP contribution < -0.4 is 15.4 Å². The number of hydrogen-bond donors (Lipinski definition) is 1. The number of carbonyl (C=O) groups excluding carboxylic acids is 2. The number of nitrogens with two attached hydrogens (primary N) is 1. The molecule has 27 heavy (non-hydrogen) atoms. The van der Waals surface area contributed by atoms with Gasteiger partial charge in [-0.3, -0.25) is 14.5 Å². The molecule has 0 unspecified atom stereocenters. The zero-order chi connectivity index (χ0) is 19.2. The Morgan fingerprint density at radius 3 is 2.85 bits per heavy atom. The molecule has 2 aromatic rings. The Bertz CT molecular complexity index is 779. The molecule has 2 N–H and O–H groups in total. The third-order valence-corrected chi connectivity index (χ3v) is 5.59. The van der Waals surface area contributed by atoms with Gasteiger partial charge in [-0.1, -0.05) is 12.1 Å². The number of thiophene rings is 1. The number of primary amides is 1. The highest BCUT2D eigenvalue weighted by Gasteiger charge is 2.30. The van der Waals surface area contributed by atoms with Gasteiger partial charge in [-0.25, -0.2) is 0 Å². The lowest BCUT2D eigenvalue weighted by atomic mass is 10.1. The second-order valence-corrected chi connectivity index (χ2v) is 7.40. The maximum absolute atomic E-state index is 13.2. The van der Waals surface area contributed by atoms with Crippen molar-refractivity contribution in [3.05, 3.63) is 46.7 Å². The van der Waals surface area contributed by atoms with Gasteiger partial charge in [0.05, 0.1) is 19.3 Å². The molecule has 1 aliphatic rings. The number of rotatable bonds is 8. The number of likely N-dealkylation sites (tertiary alicyclic amines) is 1. The molecular weight excluding hydrogens is 362 g/mol. The number of carbonyl (C=O) groups is 2. The molecule has 1 aromatic carbocycles. The van der Waals surface area contributed by atoms with Crippen LogP contribution in [0.4, 0.5) is 5.69 Å². The van der Waals surface area contributed by atoms with Crippen molar-refractivity contribution in [2.75, 3.05) is 31.6 Å². The van der Waals surface area contributed by atoms with Crippen LogP contribution in [0.5, 0.6) is 5.75 Å². The Morgan fingerprint density at radius 2 is 2.15 bits per heavy atom. The second-order valence-electron chi connectivity index (χ2n) is 6.62. The van der Waals surface area contributed by atoms with Crippen LogP contribution in [0.15, 0.2) is 41.1 Å². The molecule has 0 bridgehead atoms. The molecule has 0 aliphatic carbocycles. The van der Waals surface area contributed by atoms with E-state index in [4.69, 9.17) is 10.5 Å². The first-order chi connectivity index (χ1) is 13.1. The molecular formula is C20H25N3O3S. The van der Waals surface area contributed by atoms with E-state index in [0.29, 0.717) is 18.0 Å². The first kappa shape index (κ1) is 19.4. The number of para-hydroxylation sites is 2. The van der Waals surface area contributed by atoms with Gasteiger partial charge >= 0.3 is 0 Å². The van der Waals surface area contributed by atoms with Crippen molar-refractivity contribution in [2.45, 2.75) is 25.3 Å². The van der Waals surface area contributed by atoms with Gasteiger partial charge in [0.15, 0.2) is 0 Å². The summed E-state index contributed by atoms with van der Waals surface area (Å²) in [6.45, 7) is 1.44. The van der Waals surface area contributed by atoms with Gasteiger partial charge in [0, 0.05) is 19.0 Å². The van der Waals surface area contributed by atoms with Gasteiger partial charge in [0.2, 0.25) is 11.8 Å². The molecule has 144 valence electrons. The molecule has 1 fully saturated rings. The van der Waals surface area contributed by atoms with Gasteiger partial charge in [0.1, 0.15) is 5.75 Å². The predicted octanol–water partition coefficient (Wildman–Crippen LogP) is 2.80. The Kier molecular flexibility index (Phi) is 6.47. The Balaban J connectivity index is 1.79. The molecule has 6 nitrogen and oxygen atoms in total. The first-order valence-corrected chi connectivity index (χ1v) is 10.0. The fourth-order valence-electron chi connectivity index (χ4n) is 3.57. The Morgan fingerprint density at radius 1 is 1.33 bits per heavy atom. The summed E-state index contributed by atoms with van der Waals surface area (Å²) >= 11 is 1.68. The average molecular weight is 388 g/mol. The quantitative estimate of drug-likeness (QED) is 0.756. The summed E-state index contributed by atoms with van der Waals surface area (Å²) in [5.74, 6) is 0.119. The van der Waals surface area contributed by atoms with Gasteiger partial charge in [-0.2, -0.15) is 11.3 Å². The van der Waals surface area contributed by atoms with E-state index in [9.17, 15) is 9.59 Å². The zero-order valence-corrected chi connectivity index (χ0v) is 16.3. The van der Waals surface area contributed by atoms with E-state index in [1.807, 2.05) is 24.3 Å². The van der Waals surface area contributed by atoms with Crippen LogP contribution in [0.25, 0.3) is 0 Å². The number of methoxy groups -OCH3 is 1. The maximum atomic E-state index is 13.2. The third-order valence-electron chi connectivity index (χ3n) is 4.89. The summed E-state index contributed by atoms with van der Waals surface area (Å²) in [5, 5.41) is 4.22. The average Bonchev–Trinajstić information content (AvgIpc) is 3.33. The number of nitrogens with zero attached hydrogens (tertiary/aromatic N) is 2. The van der Waals surface area contributed by atoms with E-state index < -0.39 is 5.91 Å². The standard InChI is InChI=1S/C20H25N3O3S/c1-26-18-7-3-2-5-17(18)23(11-8-19(21)24)20(25)13-22-10-4-6-16(22)15-9-12-27-14-15/h2-3,5,7,9,12,14,16H,4,6,8,10-11,13H2,1H3,(H2,21,24)/t16-/m1/s1. The topological polar surface area (TPSA) is 75.9 Å². The van der Waals surface area contributed by atoms with Crippen molar-refractivity contribution < 1.29 is 14.3 Å². The number of hydrogen-bond acceptors (Lipinski definition) is 5. The largest absolute Gasteiger partial charge is 0.495 e. The minimum atomic E-state index is -0.431. The van der Waals surface area contributed by atoms with Crippen LogP contribution in [-0.4, -0.2) is 43.5 Å². The molecule has 2 heterocycles. The van der Waals surface area contributed by atoms with Gasteiger partial charge in [-0.05, 0) is 53.9 Å². The molecule has 3 rings (SSSR count). The molecule has 1 atom stereocenters. The van der Waals surface area contributed by atoms with Crippen molar-refractivity contribution in [2.24, 2.45) is 5.73 Å². The van der Waals surface area contributed by atoms with Crippen molar-refractivity contribution in [1.82, 2.24) is 4.90 Å². The highest BCUT2D eigenvalue weighted by atomic mass is 32.1. The van der Waals surface area contributed by atoms with Crippen LogP contribution in [0, 0.1) is 0 Å². The second kappa shape index (κ2) is 9.01. The van der Waals surface area contributed by atoms with E-state index in [1.54, 1.807) is 23.3 Å². The van der Waals surface area contributed by atoms with Crippen LogP contribution in [0.2, 0.25) is 0 Å². The minimum absolute atomic E-state index is 0.0529. The highest BCUT2D eigenvalue weighted by molar-refractivity contribution is 7.07. The number of amides is 2. The number of benzene rings is 1. The molecule has 2 amide bonds. The SMILES string of the molecule is COc1ccccc1N(CCC(N)=O)C(=O)CN1CCC[C@@H]1c1ccsc1. The lowest BCUT2D eigenvalue weighted by Crippen LogP contribution is -2.41. The van der Waals surface area contributed by atoms with E-state index in [-0.39, 0.29) is 24.9 Å². The number of ether oxygens (including phenoxy) is 1. The fourth-order valence-corrected chi connectivity index (χ4v) is 4.28. The third kappa shape index (κ3) is 4.67. The predicted molar refractivity (Wildman–Crippen MR) is 107 cm³/mol. The van der Waals surface area contributed by atoms with Gasteiger partial charge in [0.25, 0.3) is 0 Å². The molecule has 1 saturated heterocycles. The van der Waals surface area contributed by atoms with Crippen LogP contribution in [-0.2, 0) is 9.59 Å². The summed E-state index contributed by atoms with van der Waals surface area (Å²) in [6, 6.07) is 9.75. The summed E-state index contributed by atoms with van der Waals surface area (Å²) < 4.78 is 5.41. The highest BCUT2D eigenvalue weighted by Crippen LogP contribution is 2.34. The Hall–Kier alpha value is -2.38. The molecule has 1 aliphatic heterocycles. The van der Waals surface area contributed by atoms with Gasteiger partial charge in [-0.15, -0.1) is 0 Å². The lowest BCUT2D eigenvalue weighted by Gasteiger charge is -2.29. The zero-order valence-electron chi connectivity index (χ0n) is 15.5. The normalized spacial score (nSPS) is 17.0. The molecule has 0 spiro atoms. The molecule has 1 aromatic heterocycles. The van der Waals surface area contributed by atoms with Crippen LogP contribution in [0.1, 0.15) is 30.9 Å². The minimum Gasteiger partial charge on any atom is -0.495 e. The van der Waals surface area contributed by atoms with Crippen molar-refractivity contribution in [3.63, 3.8) is 0 Å². The summed E-state index contributed by atoms with van der Waals surface area (Å²) in [5.41, 5.74) is 7.26. The van der Waals surface area contributed by atoms with E-state index in [2.05, 4.69) is 21.7 Å². The van der Waals surface area contributed by atoms with Crippen molar-refractivity contribution in [1.29, 1.82) is 0 Å². The molecule has 7 heteroatoms. The first-order valence-electron chi connectivity index (χ1n) is 9.08. The van der Waals surface area contributed by atoms with Crippen LogP contribution >= 0.6 is 11.3 Å². The molecule has 0 saturated carbocycles. The smallest absolute Gasteiger partial charge is 0.241 e. The van der Waals surface area contributed by atoms with E-state index >= 15 is 0 Å². The van der Waals surface area contributed by atoms with E-state index in [1.165, 1.54) is 5.56 Å². The van der Waals surface area contributed by atoms with Crippen molar-refractivity contribution >= 4 is 28.8 Å². The van der Waals surface area contributed by atoms with E-state index in [0.717, 1.165) is 19.4 Å².